The summed E-state index contributed by atoms with van der Waals surface area (Å²) in [5.41, 5.74) is -0.762. The lowest BCUT2D eigenvalue weighted by Crippen LogP contribution is -2.44. The van der Waals surface area contributed by atoms with Crippen LogP contribution in [0, 0.1) is 11.6 Å². The van der Waals surface area contributed by atoms with Crippen LogP contribution in [0.5, 0.6) is 0 Å². The molecule has 1 N–H and O–H groups in total. The summed E-state index contributed by atoms with van der Waals surface area (Å²) in [7, 11) is 1.42. The van der Waals surface area contributed by atoms with Crippen LogP contribution in [0.25, 0.3) is 0 Å². The average molecular weight is 257 g/mol. The summed E-state index contributed by atoms with van der Waals surface area (Å²) >= 11 is 0. The molecule has 0 saturated heterocycles. The van der Waals surface area contributed by atoms with E-state index in [4.69, 9.17) is 4.74 Å². The van der Waals surface area contributed by atoms with Crippen LogP contribution in [0.2, 0.25) is 0 Å². The number of hydrogen-bond donors (Lipinski definition) is 1. The second-order valence-electron chi connectivity index (χ2n) is 4.58. The van der Waals surface area contributed by atoms with Gasteiger partial charge in [-0.3, -0.25) is 4.79 Å². The minimum absolute atomic E-state index is 0.233. The quantitative estimate of drug-likeness (QED) is 0.900. The number of rotatable bonds is 4. The molecule has 0 saturated carbocycles. The van der Waals surface area contributed by atoms with Crippen molar-refractivity contribution in [2.24, 2.45) is 0 Å². The van der Waals surface area contributed by atoms with Crippen molar-refractivity contribution in [1.82, 2.24) is 5.32 Å². The Labute approximate surface area is 105 Å². The van der Waals surface area contributed by atoms with Gasteiger partial charge in [-0.15, -0.1) is 0 Å². The molecule has 0 bridgehead atoms. The van der Waals surface area contributed by atoms with Crippen molar-refractivity contribution < 1.29 is 18.3 Å². The van der Waals surface area contributed by atoms with Crippen LogP contribution < -0.4 is 5.32 Å². The third kappa shape index (κ3) is 3.26. The molecule has 0 heterocycles. The molecule has 18 heavy (non-hydrogen) atoms. The van der Waals surface area contributed by atoms with Crippen LogP contribution >= 0.6 is 0 Å². The average Bonchev–Trinajstić information content (AvgIpc) is 2.28. The minimum atomic E-state index is -0.995. The minimum Gasteiger partial charge on any atom is -0.369 e. The summed E-state index contributed by atoms with van der Waals surface area (Å²) < 4.78 is 31.3. The summed E-state index contributed by atoms with van der Waals surface area (Å²) in [5.74, 6) is -1.69. The number of ether oxygens (including phenoxy) is 1. The maximum Gasteiger partial charge on any atom is 0.252 e. The number of hydrogen-bond acceptors (Lipinski definition) is 2. The Morgan fingerprint density at radius 3 is 2.50 bits per heavy atom. The van der Waals surface area contributed by atoms with Crippen LogP contribution in [-0.2, 0) is 9.53 Å². The Hall–Kier alpha value is -1.49. The van der Waals surface area contributed by atoms with Gasteiger partial charge in [-0.05, 0) is 26.8 Å². The first-order valence-corrected chi connectivity index (χ1v) is 5.59. The fourth-order valence-electron chi connectivity index (χ4n) is 1.39. The molecule has 1 aromatic carbocycles. The fourth-order valence-corrected chi connectivity index (χ4v) is 1.39. The fraction of sp³-hybridized carbons (Fsp3) is 0.462. The molecule has 5 heteroatoms. The third-order valence-corrected chi connectivity index (χ3v) is 2.83. The van der Waals surface area contributed by atoms with Crippen molar-refractivity contribution in [3.63, 3.8) is 0 Å². The van der Waals surface area contributed by atoms with Gasteiger partial charge in [0.05, 0.1) is 6.04 Å². The molecule has 0 aromatic heterocycles. The molecular formula is C13H17F2NO2. The van der Waals surface area contributed by atoms with Gasteiger partial charge in [0.25, 0.3) is 5.91 Å². The Morgan fingerprint density at radius 1 is 1.39 bits per heavy atom. The molecule has 0 radical (unpaired) electrons. The Bertz CT molecular complexity index is 447. The number of nitrogens with one attached hydrogen (secondary N) is 1. The van der Waals surface area contributed by atoms with Crippen LogP contribution in [0.3, 0.4) is 0 Å². The van der Waals surface area contributed by atoms with Crippen LogP contribution in [0.4, 0.5) is 8.78 Å². The van der Waals surface area contributed by atoms with E-state index < -0.39 is 23.3 Å². The van der Waals surface area contributed by atoms with Gasteiger partial charge in [0.15, 0.2) is 0 Å². The molecule has 0 aliphatic rings. The smallest absolute Gasteiger partial charge is 0.252 e. The highest BCUT2D eigenvalue weighted by molar-refractivity contribution is 5.84. The molecule has 3 nitrogen and oxygen atoms in total. The first-order valence-electron chi connectivity index (χ1n) is 5.59. The zero-order valence-electron chi connectivity index (χ0n) is 10.9. The number of benzene rings is 1. The summed E-state index contributed by atoms with van der Waals surface area (Å²) in [6, 6.07) is 2.70. The van der Waals surface area contributed by atoms with Crippen molar-refractivity contribution in [2.75, 3.05) is 7.11 Å². The highest BCUT2D eigenvalue weighted by Crippen LogP contribution is 2.19. The summed E-state index contributed by atoms with van der Waals surface area (Å²) in [6.07, 6.45) is 0. The largest absolute Gasteiger partial charge is 0.369 e. The van der Waals surface area contributed by atoms with Gasteiger partial charge >= 0.3 is 0 Å². The standard InChI is InChI=1S/C13H17F2NO2/c1-8(16-12(17)13(2,3)18-4)10-6-5-9(14)7-11(10)15/h5-8H,1-4H3,(H,16,17). The molecule has 0 fully saturated rings. The maximum atomic E-state index is 13.5. The predicted molar refractivity (Wildman–Crippen MR) is 64.0 cm³/mol. The third-order valence-electron chi connectivity index (χ3n) is 2.83. The number of halogens is 2. The van der Waals surface area contributed by atoms with Gasteiger partial charge in [-0.2, -0.15) is 0 Å². The Kier molecular flexibility index (Phi) is 4.40. The van der Waals surface area contributed by atoms with E-state index in [0.717, 1.165) is 12.1 Å². The highest BCUT2D eigenvalue weighted by atomic mass is 19.1. The molecule has 100 valence electrons. The van der Waals surface area contributed by atoms with Crippen molar-refractivity contribution in [2.45, 2.75) is 32.4 Å². The zero-order valence-corrected chi connectivity index (χ0v) is 10.9. The van der Waals surface area contributed by atoms with E-state index in [1.807, 2.05) is 0 Å². The van der Waals surface area contributed by atoms with E-state index in [1.54, 1.807) is 20.8 Å². The van der Waals surface area contributed by atoms with E-state index in [1.165, 1.54) is 13.2 Å². The number of amides is 1. The van der Waals surface area contributed by atoms with Gasteiger partial charge in [-0.1, -0.05) is 6.07 Å². The second-order valence-corrected chi connectivity index (χ2v) is 4.58. The zero-order chi connectivity index (χ0) is 13.9. The van der Waals surface area contributed by atoms with Gasteiger partial charge < -0.3 is 10.1 Å². The molecule has 1 unspecified atom stereocenters. The molecule has 0 aliphatic carbocycles. The maximum absolute atomic E-state index is 13.5. The molecule has 1 amide bonds. The first kappa shape index (κ1) is 14.6. The second kappa shape index (κ2) is 5.44. The lowest BCUT2D eigenvalue weighted by atomic mass is 10.0. The predicted octanol–water partition coefficient (Wildman–Crippen LogP) is 2.57. The number of carbonyl (C=O) groups excluding carboxylic acids is 1. The van der Waals surface area contributed by atoms with Gasteiger partial charge in [0.2, 0.25) is 0 Å². The molecule has 1 rings (SSSR count). The molecule has 0 aliphatic heterocycles. The van der Waals surface area contributed by atoms with Gasteiger partial charge in [0.1, 0.15) is 17.2 Å². The van der Waals surface area contributed by atoms with E-state index in [0.29, 0.717) is 0 Å². The van der Waals surface area contributed by atoms with Crippen molar-refractivity contribution in [3.8, 4) is 0 Å². The van der Waals surface area contributed by atoms with Gasteiger partial charge in [0, 0.05) is 18.7 Å². The lowest BCUT2D eigenvalue weighted by Gasteiger charge is -2.24. The molecule has 1 atom stereocenters. The summed E-state index contributed by atoms with van der Waals surface area (Å²) in [5, 5.41) is 2.62. The van der Waals surface area contributed by atoms with Crippen LogP contribution in [0.1, 0.15) is 32.4 Å². The van der Waals surface area contributed by atoms with Crippen molar-refractivity contribution in [3.05, 3.63) is 35.4 Å². The monoisotopic (exact) mass is 257 g/mol. The van der Waals surface area contributed by atoms with E-state index in [9.17, 15) is 13.6 Å². The molecule has 1 aromatic rings. The Balaban J connectivity index is 2.83. The van der Waals surface area contributed by atoms with Crippen LogP contribution in [0.15, 0.2) is 18.2 Å². The molecule has 0 spiro atoms. The number of carbonyl (C=O) groups is 1. The number of methoxy groups -OCH3 is 1. The van der Waals surface area contributed by atoms with E-state index >= 15 is 0 Å². The normalized spacial score (nSPS) is 13.2. The Morgan fingerprint density at radius 2 is 2.00 bits per heavy atom. The summed E-state index contributed by atoms with van der Waals surface area (Å²) in [6.45, 7) is 4.84. The SMILES string of the molecule is COC(C)(C)C(=O)NC(C)c1ccc(F)cc1F. The van der Waals surface area contributed by atoms with Gasteiger partial charge in [-0.25, -0.2) is 8.78 Å². The highest BCUT2D eigenvalue weighted by Gasteiger charge is 2.28. The van der Waals surface area contributed by atoms with E-state index in [2.05, 4.69) is 5.32 Å². The van der Waals surface area contributed by atoms with E-state index in [-0.39, 0.29) is 11.5 Å². The summed E-state index contributed by atoms with van der Waals surface area (Å²) in [4.78, 5) is 11.8. The topological polar surface area (TPSA) is 38.3 Å². The first-order chi connectivity index (χ1) is 8.27. The van der Waals surface area contributed by atoms with Crippen molar-refractivity contribution in [1.29, 1.82) is 0 Å². The lowest BCUT2D eigenvalue weighted by molar-refractivity contribution is -0.140. The van der Waals surface area contributed by atoms with Crippen LogP contribution in [-0.4, -0.2) is 18.6 Å². The molecular weight excluding hydrogens is 240 g/mol. The van der Waals surface area contributed by atoms with Crippen molar-refractivity contribution >= 4 is 5.91 Å².